The average molecular weight is 451 g/mol. The maximum atomic E-state index is 13.2. The third-order valence-corrected chi connectivity index (χ3v) is 5.02. The molecule has 32 heavy (non-hydrogen) atoms. The van der Waals surface area contributed by atoms with Crippen molar-refractivity contribution in [3.05, 3.63) is 81.2 Å². The molecule has 0 aliphatic carbocycles. The van der Waals surface area contributed by atoms with Crippen LogP contribution >= 0.6 is 11.6 Å². The second-order valence-electron chi connectivity index (χ2n) is 7.71. The van der Waals surface area contributed by atoms with Crippen molar-refractivity contribution in [3.8, 4) is 11.3 Å². The first-order chi connectivity index (χ1) is 15.3. The van der Waals surface area contributed by atoms with Gasteiger partial charge in [0, 0.05) is 29.4 Å². The Labute approximate surface area is 192 Å². The van der Waals surface area contributed by atoms with Crippen molar-refractivity contribution in [1.82, 2.24) is 9.55 Å². The Morgan fingerprint density at radius 2 is 1.97 bits per heavy atom. The highest BCUT2D eigenvalue weighted by Gasteiger charge is 2.17. The van der Waals surface area contributed by atoms with Crippen LogP contribution in [0.3, 0.4) is 0 Å². The van der Waals surface area contributed by atoms with Gasteiger partial charge in [0.1, 0.15) is 5.84 Å². The van der Waals surface area contributed by atoms with Gasteiger partial charge in [-0.25, -0.2) is 4.98 Å². The zero-order valence-corrected chi connectivity index (χ0v) is 18.9. The molecule has 0 saturated carbocycles. The van der Waals surface area contributed by atoms with Crippen molar-refractivity contribution in [2.75, 3.05) is 11.1 Å². The Morgan fingerprint density at radius 1 is 1.25 bits per heavy atom. The Bertz CT molecular complexity index is 1200. The number of nitrogens with zero attached hydrogens (tertiary/aromatic N) is 2. The summed E-state index contributed by atoms with van der Waals surface area (Å²) in [6.07, 6.45) is 4.55. The van der Waals surface area contributed by atoms with Crippen LogP contribution in [0.2, 0.25) is 5.15 Å². The number of aromatic nitrogens is 2. The summed E-state index contributed by atoms with van der Waals surface area (Å²) in [6.45, 7) is 4.29. The van der Waals surface area contributed by atoms with Crippen LogP contribution in [-0.2, 0) is 6.54 Å². The molecule has 0 atom stereocenters. The van der Waals surface area contributed by atoms with E-state index in [0.29, 0.717) is 29.9 Å². The molecule has 3 aromatic rings. The number of nitrogens with one attached hydrogen (secondary N) is 2. The van der Waals surface area contributed by atoms with Gasteiger partial charge in [0.25, 0.3) is 5.56 Å². The fourth-order valence-corrected chi connectivity index (χ4v) is 3.57. The van der Waals surface area contributed by atoms with Gasteiger partial charge in [0.2, 0.25) is 0 Å². The van der Waals surface area contributed by atoms with Crippen molar-refractivity contribution in [1.29, 1.82) is 5.41 Å². The topological polar surface area (TPSA) is 123 Å². The van der Waals surface area contributed by atoms with Crippen molar-refractivity contribution >= 4 is 35.0 Å². The standard InChI is InChI=1S/C24H27ClN6O/c1-15(2)29-23-24(32)31(20(21(25)30-23)18-7-5-8-19(26)14-18)13-4-3-6-16-9-11-17(12-10-16)22(27)28/h3,5-12,14-15H,4,13,26H2,1-2H3,(H3,27,28)(H,29,30)/b6-3+. The molecule has 1 aromatic heterocycles. The van der Waals surface area contributed by atoms with E-state index in [4.69, 9.17) is 28.5 Å². The summed E-state index contributed by atoms with van der Waals surface area (Å²) in [6, 6.07) is 14.7. The number of halogens is 1. The number of nitrogens with two attached hydrogens (primary N) is 2. The van der Waals surface area contributed by atoms with Gasteiger partial charge in [0.05, 0.1) is 5.69 Å². The Kier molecular flexibility index (Phi) is 7.33. The first-order valence-corrected chi connectivity index (χ1v) is 10.7. The van der Waals surface area contributed by atoms with E-state index >= 15 is 0 Å². The first kappa shape index (κ1) is 23.1. The number of anilines is 2. The zero-order chi connectivity index (χ0) is 23.3. The molecule has 0 bridgehead atoms. The van der Waals surface area contributed by atoms with E-state index in [1.807, 2.05) is 50.3 Å². The normalized spacial score (nSPS) is 11.2. The molecule has 6 N–H and O–H groups in total. The van der Waals surface area contributed by atoms with Gasteiger partial charge in [-0.3, -0.25) is 10.2 Å². The SMILES string of the molecule is CC(C)Nc1nc(Cl)c(-c2cccc(N)c2)n(CC/C=C/c2ccc(C(=N)N)cc2)c1=O. The minimum Gasteiger partial charge on any atom is -0.399 e. The average Bonchev–Trinajstić information content (AvgIpc) is 2.74. The molecule has 0 saturated heterocycles. The van der Waals surface area contributed by atoms with Crippen LogP contribution in [0.1, 0.15) is 31.4 Å². The molecule has 8 heteroatoms. The highest BCUT2D eigenvalue weighted by Crippen LogP contribution is 2.28. The maximum Gasteiger partial charge on any atom is 0.293 e. The molecule has 2 aromatic carbocycles. The summed E-state index contributed by atoms with van der Waals surface area (Å²) < 4.78 is 1.64. The zero-order valence-electron chi connectivity index (χ0n) is 18.1. The summed E-state index contributed by atoms with van der Waals surface area (Å²) >= 11 is 6.53. The summed E-state index contributed by atoms with van der Waals surface area (Å²) in [5.41, 5.74) is 14.7. The van der Waals surface area contributed by atoms with Crippen LogP contribution in [0.5, 0.6) is 0 Å². The summed E-state index contributed by atoms with van der Waals surface area (Å²) in [7, 11) is 0. The van der Waals surface area contributed by atoms with E-state index in [-0.39, 0.29) is 28.4 Å². The second-order valence-corrected chi connectivity index (χ2v) is 8.07. The molecule has 0 amide bonds. The Hall–Kier alpha value is -3.58. The van der Waals surface area contributed by atoms with Crippen LogP contribution < -0.4 is 22.3 Å². The lowest BCUT2D eigenvalue weighted by Crippen LogP contribution is -2.29. The lowest BCUT2D eigenvalue weighted by molar-refractivity contribution is 0.682. The molecule has 1 heterocycles. The summed E-state index contributed by atoms with van der Waals surface area (Å²) in [5, 5.41) is 10.8. The number of nitrogen functional groups attached to an aromatic ring is 2. The van der Waals surface area contributed by atoms with Crippen LogP contribution in [0.25, 0.3) is 17.3 Å². The molecule has 7 nitrogen and oxygen atoms in total. The molecule has 0 aliphatic heterocycles. The van der Waals surface area contributed by atoms with Gasteiger partial charge in [-0.1, -0.05) is 60.2 Å². The highest BCUT2D eigenvalue weighted by atomic mass is 35.5. The maximum absolute atomic E-state index is 13.2. The monoisotopic (exact) mass is 450 g/mol. The quantitative estimate of drug-likeness (QED) is 0.231. The van der Waals surface area contributed by atoms with Crippen LogP contribution in [0, 0.1) is 5.41 Å². The molecule has 0 fully saturated rings. The molecule has 0 aliphatic rings. The third kappa shape index (κ3) is 5.56. The predicted octanol–water partition coefficient (Wildman–Crippen LogP) is 4.35. The van der Waals surface area contributed by atoms with Gasteiger partial charge in [0.15, 0.2) is 11.0 Å². The van der Waals surface area contributed by atoms with Crippen LogP contribution in [0.15, 0.2) is 59.4 Å². The van der Waals surface area contributed by atoms with E-state index in [2.05, 4.69) is 10.3 Å². The Balaban J connectivity index is 1.91. The molecule has 3 rings (SSSR count). The number of allylic oxidation sites excluding steroid dienone is 1. The fraction of sp³-hybridized carbons (Fsp3) is 0.208. The van der Waals surface area contributed by atoms with Gasteiger partial charge in [-0.05, 0) is 38.0 Å². The van der Waals surface area contributed by atoms with E-state index < -0.39 is 0 Å². The summed E-state index contributed by atoms with van der Waals surface area (Å²) in [5.74, 6) is 0.260. The smallest absolute Gasteiger partial charge is 0.293 e. The lowest BCUT2D eigenvalue weighted by Gasteiger charge is -2.17. The van der Waals surface area contributed by atoms with Gasteiger partial charge in [-0.2, -0.15) is 0 Å². The minimum absolute atomic E-state index is 0.0364. The Morgan fingerprint density at radius 3 is 2.59 bits per heavy atom. The van der Waals surface area contributed by atoms with Crippen molar-refractivity contribution in [2.24, 2.45) is 5.73 Å². The van der Waals surface area contributed by atoms with Crippen molar-refractivity contribution < 1.29 is 0 Å². The molecule has 0 unspecified atom stereocenters. The lowest BCUT2D eigenvalue weighted by atomic mass is 10.1. The van der Waals surface area contributed by atoms with Gasteiger partial charge in [-0.15, -0.1) is 0 Å². The van der Waals surface area contributed by atoms with Crippen molar-refractivity contribution in [3.63, 3.8) is 0 Å². The first-order valence-electron chi connectivity index (χ1n) is 10.3. The fourth-order valence-electron chi connectivity index (χ4n) is 3.28. The number of hydrogen-bond acceptors (Lipinski definition) is 5. The largest absolute Gasteiger partial charge is 0.399 e. The molecule has 0 spiro atoms. The number of rotatable bonds is 8. The van der Waals surface area contributed by atoms with Gasteiger partial charge < -0.3 is 21.4 Å². The highest BCUT2D eigenvalue weighted by molar-refractivity contribution is 6.32. The number of benzene rings is 2. The second kappa shape index (κ2) is 10.2. The van der Waals surface area contributed by atoms with Gasteiger partial charge >= 0.3 is 0 Å². The molecular formula is C24H27ClN6O. The van der Waals surface area contributed by atoms with Crippen molar-refractivity contribution in [2.45, 2.75) is 32.9 Å². The molecular weight excluding hydrogens is 424 g/mol. The minimum atomic E-state index is -0.236. The van der Waals surface area contributed by atoms with E-state index in [9.17, 15) is 4.79 Å². The van der Waals surface area contributed by atoms with Crippen LogP contribution in [0.4, 0.5) is 11.5 Å². The predicted molar refractivity (Wildman–Crippen MR) is 133 cm³/mol. The number of amidine groups is 1. The van der Waals surface area contributed by atoms with E-state index in [1.54, 1.807) is 28.8 Å². The van der Waals surface area contributed by atoms with E-state index in [0.717, 1.165) is 11.1 Å². The van der Waals surface area contributed by atoms with Crippen LogP contribution in [-0.4, -0.2) is 21.4 Å². The number of hydrogen-bond donors (Lipinski definition) is 4. The molecule has 0 radical (unpaired) electrons. The van der Waals surface area contributed by atoms with E-state index in [1.165, 1.54) is 0 Å². The molecule has 166 valence electrons. The third-order valence-electron chi connectivity index (χ3n) is 4.76. The summed E-state index contributed by atoms with van der Waals surface area (Å²) in [4.78, 5) is 17.5.